The van der Waals surface area contributed by atoms with Crippen LogP contribution in [0.1, 0.15) is 142 Å². The van der Waals surface area contributed by atoms with Crippen molar-refractivity contribution in [3.8, 4) is 0 Å². The Hall–Kier alpha value is -1.50. The summed E-state index contributed by atoms with van der Waals surface area (Å²) in [6, 6.07) is 0. The fourth-order valence-electron chi connectivity index (χ4n) is 6.57. The third-order valence-electron chi connectivity index (χ3n) is 10.1. The van der Waals surface area contributed by atoms with Gasteiger partial charge in [0.25, 0.3) is 0 Å². The second-order valence-corrected chi connectivity index (χ2v) is 14.8. The fraction of sp³-hybridized carbons (Fsp3) is 0.949. The van der Waals surface area contributed by atoms with Crippen molar-refractivity contribution in [1.29, 1.82) is 0 Å². The highest BCUT2D eigenvalue weighted by Gasteiger charge is 2.47. The smallest absolute Gasteiger partial charge is 0.306 e. The third kappa shape index (κ3) is 18.6. The third-order valence-corrected chi connectivity index (χ3v) is 10.1. The molecule has 15 nitrogen and oxygen atoms in total. The van der Waals surface area contributed by atoms with Crippen molar-refractivity contribution in [1.82, 2.24) is 0 Å². The Morgan fingerprint density at radius 2 is 0.944 bits per heavy atom. The lowest BCUT2D eigenvalue weighted by atomic mass is 9.98. The summed E-state index contributed by atoms with van der Waals surface area (Å²) < 4.78 is 33.2. The maximum Gasteiger partial charge on any atom is 0.306 e. The molecule has 4 unspecified atom stereocenters. The summed E-state index contributed by atoms with van der Waals surface area (Å²) in [5.74, 6) is -0.929. The van der Waals surface area contributed by atoms with Crippen molar-refractivity contribution in [2.24, 2.45) is 0 Å². The molecule has 15 heteroatoms. The SMILES string of the molecule is CCCCCCCCCCCCCC(=O)OC[C@H](CO[C@@H]1O[C@H](CO[C@@H]2O[C@H](CO)[C@H](O)C(O)C2O)[C@H](O)C(O)C1O)OC(=O)CCCCCCCCC. The van der Waals surface area contributed by atoms with E-state index >= 15 is 0 Å². The molecule has 0 bridgehead atoms. The molecule has 11 atom stereocenters. The molecule has 2 aliphatic rings. The van der Waals surface area contributed by atoms with E-state index in [1.54, 1.807) is 0 Å². The van der Waals surface area contributed by atoms with E-state index in [9.17, 15) is 45.3 Å². The molecule has 0 amide bonds. The summed E-state index contributed by atoms with van der Waals surface area (Å²) >= 11 is 0. The number of aliphatic hydroxyl groups is 7. The zero-order valence-electron chi connectivity index (χ0n) is 32.7. The molecule has 0 aromatic carbocycles. The number of hydrogen-bond acceptors (Lipinski definition) is 15. The number of aliphatic hydroxyl groups excluding tert-OH is 7. The van der Waals surface area contributed by atoms with Gasteiger partial charge in [0.2, 0.25) is 0 Å². The number of esters is 2. The molecule has 0 radical (unpaired) electrons. The Morgan fingerprint density at radius 1 is 0.519 bits per heavy atom. The summed E-state index contributed by atoms with van der Waals surface area (Å²) in [6.07, 6.45) is 3.34. The van der Waals surface area contributed by atoms with Crippen LogP contribution in [0.2, 0.25) is 0 Å². The van der Waals surface area contributed by atoms with E-state index in [0.29, 0.717) is 12.8 Å². The monoisotopic (exact) mass is 780 g/mol. The van der Waals surface area contributed by atoms with E-state index < -0.39 is 92.7 Å². The molecule has 2 aliphatic heterocycles. The molecule has 2 rings (SSSR count). The van der Waals surface area contributed by atoms with Gasteiger partial charge < -0.3 is 64.2 Å². The van der Waals surface area contributed by atoms with Gasteiger partial charge in [-0.15, -0.1) is 0 Å². The van der Waals surface area contributed by atoms with Crippen molar-refractivity contribution < 1.29 is 73.8 Å². The lowest BCUT2D eigenvalue weighted by Gasteiger charge is -2.42. The average Bonchev–Trinajstić information content (AvgIpc) is 3.16. The summed E-state index contributed by atoms with van der Waals surface area (Å²) in [6.45, 7) is 2.50. The summed E-state index contributed by atoms with van der Waals surface area (Å²) in [4.78, 5) is 25.3. The number of carbonyl (C=O) groups is 2. The Labute approximate surface area is 321 Å². The van der Waals surface area contributed by atoms with Gasteiger partial charge in [0.05, 0.1) is 19.8 Å². The Morgan fingerprint density at radius 3 is 1.44 bits per heavy atom. The van der Waals surface area contributed by atoms with E-state index in [1.165, 1.54) is 51.4 Å². The van der Waals surface area contributed by atoms with Gasteiger partial charge in [0, 0.05) is 12.8 Å². The largest absolute Gasteiger partial charge is 0.462 e. The Kier molecular flexibility index (Phi) is 26.0. The number of carbonyl (C=O) groups excluding carboxylic acids is 2. The molecule has 0 spiro atoms. The molecule has 0 aliphatic carbocycles. The molecular weight excluding hydrogens is 708 g/mol. The first kappa shape index (κ1) is 48.6. The predicted molar refractivity (Wildman–Crippen MR) is 197 cm³/mol. The highest BCUT2D eigenvalue weighted by molar-refractivity contribution is 5.70. The minimum Gasteiger partial charge on any atom is -0.462 e. The van der Waals surface area contributed by atoms with Crippen molar-refractivity contribution in [2.45, 2.75) is 210 Å². The Balaban J connectivity index is 1.88. The van der Waals surface area contributed by atoms with Crippen LogP contribution in [-0.4, -0.2) is 142 Å². The van der Waals surface area contributed by atoms with Gasteiger partial charge in [0.1, 0.15) is 55.4 Å². The highest BCUT2D eigenvalue weighted by atomic mass is 16.7. The maximum absolute atomic E-state index is 12.8. The van der Waals surface area contributed by atoms with Crippen molar-refractivity contribution in [3.63, 3.8) is 0 Å². The first-order valence-electron chi connectivity index (χ1n) is 20.6. The number of unbranched alkanes of at least 4 members (excludes halogenated alkanes) is 16. The Bertz CT molecular complexity index is 970. The van der Waals surface area contributed by atoms with Gasteiger partial charge in [-0.05, 0) is 12.8 Å². The quantitative estimate of drug-likeness (QED) is 0.0411. The molecule has 2 saturated heterocycles. The van der Waals surface area contributed by atoms with E-state index in [-0.39, 0.29) is 26.1 Å². The second-order valence-electron chi connectivity index (χ2n) is 14.8. The van der Waals surface area contributed by atoms with Gasteiger partial charge >= 0.3 is 11.9 Å². The van der Waals surface area contributed by atoms with Crippen LogP contribution in [0.3, 0.4) is 0 Å². The first-order valence-corrected chi connectivity index (χ1v) is 20.6. The van der Waals surface area contributed by atoms with Crippen LogP contribution in [0.15, 0.2) is 0 Å². The van der Waals surface area contributed by atoms with Crippen LogP contribution >= 0.6 is 0 Å². The first-order chi connectivity index (χ1) is 26.0. The van der Waals surface area contributed by atoms with Crippen LogP contribution in [0.4, 0.5) is 0 Å². The zero-order chi connectivity index (χ0) is 39.7. The van der Waals surface area contributed by atoms with E-state index in [4.69, 9.17) is 28.4 Å². The number of hydrogen-bond donors (Lipinski definition) is 7. The molecule has 2 heterocycles. The zero-order valence-corrected chi connectivity index (χ0v) is 32.7. The van der Waals surface area contributed by atoms with Crippen molar-refractivity contribution in [2.75, 3.05) is 26.4 Å². The van der Waals surface area contributed by atoms with E-state index in [2.05, 4.69) is 13.8 Å². The van der Waals surface area contributed by atoms with Crippen LogP contribution in [0, 0.1) is 0 Å². The molecule has 2 fully saturated rings. The van der Waals surface area contributed by atoms with Gasteiger partial charge in [-0.25, -0.2) is 0 Å². The van der Waals surface area contributed by atoms with Gasteiger partial charge in [-0.1, -0.05) is 117 Å². The van der Waals surface area contributed by atoms with E-state index in [0.717, 1.165) is 51.4 Å². The van der Waals surface area contributed by atoms with E-state index in [1.807, 2.05) is 0 Å². The lowest BCUT2D eigenvalue weighted by molar-refractivity contribution is -0.332. The van der Waals surface area contributed by atoms with Crippen molar-refractivity contribution in [3.05, 3.63) is 0 Å². The molecule has 7 N–H and O–H groups in total. The van der Waals surface area contributed by atoms with Crippen molar-refractivity contribution >= 4 is 11.9 Å². The van der Waals surface area contributed by atoms with Gasteiger partial charge in [-0.3, -0.25) is 9.59 Å². The molecule has 318 valence electrons. The summed E-state index contributed by atoms with van der Waals surface area (Å²) in [7, 11) is 0. The molecule has 0 saturated carbocycles. The lowest BCUT2D eigenvalue weighted by Crippen LogP contribution is -2.61. The summed E-state index contributed by atoms with van der Waals surface area (Å²) in [5.41, 5.74) is 0. The molecule has 54 heavy (non-hydrogen) atoms. The summed E-state index contributed by atoms with van der Waals surface area (Å²) in [5, 5.41) is 71.5. The average molecular weight is 781 g/mol. The minimum atomic E-state index is -1.76. The normalized spacial score (nSPS) is 29.2. The molecular formula is C39H72O15. The van der Waals surface area contributed by atoms with Gasteiger partial charge in [0.15, 0.2) is 18.7 Å². The number of rotatable bonds is 30. The van der Waals surface area contributed by atoms with Gasteiger partial charge in [-0.2, -0.15) is 0 Å². The predicted octanol–water partition coefficient (Wildman–Crippen LogP) is 2.92. The van der Waals surface area contributed by atoms with Crippen LogP contribution in [0.5, 0.6) is 0 Å². The molecule has 0 aromatic rings. The highest BCUT2D eigenvalue weighted by Crippen LogP contribution is 2.26. The standard InChI is InChI=1S/C39H72O15/c1-3-5-7-9-11-12-13-14-16-17-19-21-30(41)49-24-27(52-31(42)22-20-18-15-10-8-6-4-2)25-50-38-37(48)35(46)33(44)29(54-38)26-51-39-36(47)34(45)32(43)28(23-40)53-39/h27-29,32-40,43-48H,3-26H2,1-2H3/t27-,28-,29-,32+,33+,34?,35?,36?,37?,38-,39-/m1/s1. The minimum absolute atomic E-state index is 0.168. The fourth-order valence-corrected chi connectivity index (χ4v) is 6.57. The van der Waals surface area contributed by atoms with Crippen LogP contribution in [-0.2, 0) is 38.0 Å². The molecule has 0 aromatic heterocycles. The number of ether oxygens (including phenoxy) is 6. The van der Waals surface area contributed by atoms with Crippen LogP contribution in [0.25, 0.3) is 0 Å². The van der Waals surface area contributed by atoms with Crippen LogP contribution < -0.4 is 0 Å². The topological polar surface area (TPSA) is 231 Å². The second kappa shape index (κ2) is 28.8. The maximum atomic E-state index is 12.8.